The van der Waals surface area contributed by atoms with Crippen molar-refractivity contribution in [2.45, 2.75) is 20.3 Å². The molecule has 1 atom stereocenters. The summed E-state index contributed by atoms with van der Waals surface area (Å²) in [5.74, 6) is 1.74. The van der Waals surface area contributed by atoms with E-state index in [1.54, 1.807) is 7.11 Å². The topological polar surface area (TPSA) is 62.3 Å². The molecule has 2 amide bonds. The van der Waals surface area contributed by atoms with Gasteiger partial charge in [-0.3, -0.25) is 14.5 Å². The average Bonchev–Trinajstić information content (AvgIpc) is 2.74. The minimum atomic E-state index is -0.148. The predicted octanol–water partition coefficient (Wildman–Crippen LogP) is 1.26. The van der Waals surface area contributed by atoms with Crippen LogP contribution < -0.4 is 9.47 Å². The Morgan fingerprint density at radius 3 is 2.54 bits per heavy atom. The maximum absolute atomic E-state index is 12.9. The van der Waals surface area contributed by atoms with E-state index in [0.29, 0.717) is 32.7 Å². The number of rotatable bonds is 6. The Morgan fingerprint density at radius 2 is 1.89 bits per heavy atom. The third kappa shape index (κ3) is 4.58. The average molecular weight is 389 g/mol. The van der Waals surface area contributed by atoms with E-state index < -0.39 is 0 Å². The summed E-state index contributed by atoms with van der Waals surface area (Å²) in [5.41, 5.74) is 1.05. The van der Waals surface area contributed by atoms with Crippen LogP contribution in [0.3, 0.4) is 0 Å². The van der Waals surface area contributed by atoms with E-state index in [9.17, 15) is 9.59 Å². The van der Waals surface area contributed by atoms with Crippen LogP contribution in [0.25, 0.3) is 0 Å². The minimum Gasteiger partial charge on any atom is -0.497 e. The van der Waals surface area contributed by atoms with E-state index in [2.05, 4.69) is 4.90 Å². The molecule has 0 aromatic heterocycles. The Labute approximate surface area is 167 Å². The van der Waals surface area contributed by atoms with Gasteiger partial charge >= 0.3 is 0 Å². The number of ether oxygens (including phenoxy) is 2. The highest BCUT2D eigenvalue weighted by Gasteiger charge is 2.32. The molecule has 1 aromatic rings. The van der Waals surface area contributed by atoms with Gasteiger partial charge in [0.05, 0.1) is 19.6 Å². The van der Waals surface area contributed by atoms with Gasteiger partial charge in [0.25, 0.3) is 0 Å². The monoisotopic (exact) mass is 389 g/mol. The van der Waals surface area contributed by atoms with Crippen LogP contribution in [-0.2, 0) is 16.0 Å². The lowest BCUT2D eigenvalue weighted by Gasteiger charge is -2.37. The van der Waals surface area contributed by atoms with Crippen molar-refractivity contribution >= 4 is 11.8 Å². The van der Waals surface area contributed by atoms with Gasteiger partial charge in [-0.25, -0.2) is 0 Å². The van der Waals surface area contributed by atoms with Crippen molar-refractivity contribution in [3.63, 3.8) is 0 Å². The van der Waals surface area contributed by atoms with Crippen LogP contribution >= 0.6 is 0 Å². The molecule has 2 aliphatic rings. The molecule has 154 valence electrons. The summed E-state index contributed by atoms with van der Waals surface area (Å²) in [6.45, 7) is 9.11. The molecular formula is C21H31N3O4. The minimum absolute atomic E-state index is 0.148. The molecule has 1 saturated heterocycles. The number of piperazine rings is 1. The highest BCUT2D eigenvalue weighted by molar-refractivity contribution is 5.80. The quantitative estimate of drug-likeness (QED) is 0.733. The zero-order chi connectivity index (χ0) is 20.1. The molecule has 1 fully saturated rings. The first-order valence-electron chi connectivity index (χ1n) is 10.1. The molecule has 2 aliphatic heterocycles. The first kappa shape index (κ1) is 20.5. The van der Waals surface area contributed by atoms with Crippen molar-refractivity contribution in [1.82, 2.24) is 14.7 Å². The first-order valence-corrected chi connectivity index (χ1v) is 10.1. The van der Waals surface area contributed by atoms with Crippen molar-refractivity contribution in [1.29, 1.82) is 0 Å². The Hall–Kier alpha value is -2.28. The Bertz CT molecular complexity index is 697. The summed E-state index contributed by atoms with van der Waals surface area (Å²) in [7, 11) is 1.63. The van der Waals surface area contributed by atoms with E-state index in [-0.39, 0.29) is 17.7 Å². The number of likely N-dealkylation sites (N-methyl/N-ethyl adjacent to an activating group) is 1. The maximum Gasteiger partial charge on any atom is 0.236 e. The van der Waals surface area contributed by atoms with Crippen molar-refractivity contribution < 1.29 is 19.1 Å². The molecule has 1 unspecified atom stereocenters. The second-order valence-electron chi connectivity index (χ2n) is 7.35. The van der Waals surface area contributed by atoms with Crippen molar-refractivity contribution in [3.05, 3.63) is 23.8 Å². The molecule has 7 heteroatoms. The molecule has 3 rings (SSSR count). The van der Waals surface area contributed by atoms with Gasteiger partial charge in [-0.15, -0.1) is 0 Å². The van der Waals surface area contributed by atoms with Gasteiger partial charge in [-0.05, 0) is 31.9 Å². The summed E-state index contributed by atoms with van der Waals surface area (Å²) in [6.07, 6.45) is 0.693. The predicted molar refractivity (Wildman–Crippen MR) is 107 cm³/mol. The van der Waals surface area contributed by atoms with Crippen LogP contribution in [0.1, 0.15) is 19.4 Å². The lowest BCUT2D eigenvalue weighted by molar-refractivity contribution is -0.139. The third-order valence-corrected chi connectivity index (χ3v) is 5.69. The second-order valence-corrected chi connectivity index (χ2v) is 7.35. The lowest BCUT2D eigenvalue weighted by Crippen LogP contribution is -2.53. The molecule has 0 radical (unpaired) electrons. The van der Waals surface area contributed by atoms with Gasteiger partial charge in [0.2, 0.25) is 11.8 Å². The Kier molecular flexibility index (Phi) is 6.78. The molecule has 0 spiro atoms. The molecule has 2 heterocycles. The molecular weight excluding hydrogens is 358 g/mol. The van der Waals surface area contributed by atoms with Crippen molar-refractivity contribution in [2.75, 3.05) is 59.5 Å². The number of hydrogen-bond acceptors (Lipinski definition) is 5. The number of nitrogens with zero attached hydrogens (tertiary/aromatic N) is 3. The molecule has 7 nitrogen and oxygen atoms in total. The van der Waals surface area contributed by atoms with Gasteiger partial charge in [0.1, 0.15) is 18.1 Å². The number of benzene rings is 1. The van der Waals surface area contributed by atoms with Crippen molar-refractivity contribution in [3.8, 4) is 11.5 Å². The number of carbonyl (C=O) groups is 2. The van der Waals surface area contributed by atoms with E-state index >= 15 is 0 Å². The molecule has 0 aliphatic carbocycles. The van der Waals surface area contributed by atoms with Gasteiger partial charge in [0.15, 0.2) is 0 Å². The Balaban J connectivity index is 1.51. The zero-order valence-corrected chi connectivity index (χ0v) is 17.1. The van der Waals surface area contributed by atoms with Crippen LogP contribution in [-0.4, -0.2) is 86.0 Å². The molecule has 1 aromatic carbocycles. The third-order valence-electron chi connectivity index (χ3n) is 5.69. The van der Waals surface area contributed by atoms with Crippen LogP contribution in [0.4, 0.5) is 0 Å². The van der Waals surface area contributed by atoms with Crippen molar-refractivity contribution in [2.24, 2.45) is 5.92 Å². The fourth-order valence-corrected chi connectivity index (χ4v) is 3.89. The van der Waals surface area contributed by atoms with Crippen LogP contribution in [0.2, 0.25) is 0 Å². The fourth-order valence-electron chi connectivity index (χ4n) is 3.89. The highest BCUT2D eigenvalue weighted by Crippen LogP contribution is 2.31. The van der Waals surface area contributed by atoms with Crippen LogP contribution in [0.5, 0.6) is 11.5 Å². The van der Waals surface area contributed by atoms with Gasteiger partial charge in [0, 0.05) is 45.3 Å². The van der Waals surface area contributed by atoms with Gasteiger partial charge < -0.3 is 19.3 Å². The lowest BCUT2D eigenvalue weighted by atomic mass is 9.95. The highest BCUT2D eigenvalue weighted by atomic mass is 16.5. The summed E-state index contributed by atoms with van der Waals surface area (Å²) < 4.78 is 11.1. The van der Waals surface area contributed by atoms with Gasteiger partial charge in [-0.1, -0.05) is 6.07 Å². The van der Waals surface area contributed by atoms with Crippen LogP contribution in [0, 0.1) is 5.92 Å². The number of hydrogen-bond donors (Lipinski definition) is 0. The zero-order valence-electron chi connectivity index (χ0n) is 17.1. The summed E-state index contributed by atoms with van der Waals surface area (Å²) in [4.78, 5) is 31.1. The molecule has 0 saturated carbocycles. The fraction of sp³-hybridized carbons (Fsp3) is 0.619. The second kappa shape index (κ2) is 9.28. The molecule has 0 N–H and O–H groups in total. The molecule has 28 heavy (non-hydrogen) atoms. The number of methoxy groups -OCH3 is 1. The summed E-state index contributed by atoms with van der Waals surface area (Å²) in [5, 5.41) is 0. The van der Waals surface area contributed by atoms with Crippen LogP contribution in [0.15, 0.2) is 18.2 Å². The van der Waals surface area contributed by atoms with E-state index in [1.165, 1.54) is 0 Å². The van der Waals surface area contributed by atoms with E-state index in [1.807, 2.05) is 41.8 Å². The Morgan fingerprint density at radius 1 is 1.18 bits per heavy atom. The van der Waals surface area contributed by atoms with E-state index in [4.69, 9.17) is 9.47 Å². The van der Waals surface area contributed by atoms with E-state index in [0.717, 1.165) is 43.2 Å². The number of carbonyl (C=O) groups excluding carboxylic acids is 2. The first-order chi connectivity index (χ1) is 13.5. The number of fused-ring (bicyclic) bond motifs is 1. The smallest absolute Gasteiger partial charge is 0.236 e. The maximum atomic E-state index is 12.9. The normalized spacial score (nSPS) is 19.5. The summed E-state index contributed by atoms with van der Waals surface area (Å²) >= 11 is 0. The SMILES string of the molecule is CCN(CC)C(=O)CN1CCN(C(=O)C2COc3cc(OC)ccc3C2)CC1. The number of amides is 2. The standard InChI is InChI=1S/C21H31N3O4/c1-4-23(5-2)20(25)14-22-8-10-24(11-9-22)21(26)17-12-16-6-7-18(27-3)13-19(16)28-15-17/h6-7,13,17H,4-5,8-12,14-15H2,1-3H3. The largest absolute Gasteiger partial charge is 0.497 e. The van der Waals surface area contributed by atoms with Gasteiger partial charge in [-0.2, -0.15) is 0 Å². The molecule has 0 bridgehead atoms. The summed E-state index contributed by atoms with van der Waals surface area (Å²) in [6, 6.07) is 5.76.